The van der Waals surface area contributed by atoms with E-state index in [0.29, 0.717) is 0 Å². The Kier molecular flexibility index (Phi) is 4.60. The van der Waals surface area contributed by atoms with E-state index >= 15 is 0 Å². The van der Waals surface area contributed by atoms with Crippen LogP contribution in [0.5, 0.6) is 0 Å². The number of benzene rings is 4. The quantitative estimate of drug-likeness (QED) is 0.256. The normalized spacial score (nSPS) is 15.4. The lowest BCUT2D eigenvalue weighted by Crippen LogP contribution is -2.29. The molecule has 1 aliphatic heterocycles. The van der Waals surface area contributed by atoms with Crippen LogP contribution in [-0.4, -0.2) is 7.05 Å². The molecule has 2 heterocycles. The lowest BCUT2D eigenvalue weighted by atomic mass is 10.1. The van der Waals surface area contributed by atoms with Crippen molar-refractivity contribution < 1.29 is 4.57 Å². The van der Waals surface area contributed by atoms with Crippen LogP contribution in [0.2, 0.25) is 0 Å². The molecule has 0 bridgehead atoms. The summed E-state index contributed by atoms with van der Waals surface area (Å²) < 4.78 is 3.65. The first kappa shape index (κ1) is 19.6. The van der Waals surface area contributed by atoms with Crippen molar-refractivity contribution in [3.63, 3.8) is 0 Å². The molecule has 0 spiro atoms. The molecule has 5 aromatic rings. The molecule has 0 N–H and O–H groups in total. The molecule has 0 fully saturated rings. The highest BCUT2D eigenvalue weighted by Crippen LogP contribution is 2.48. The molecule has 156 valence electrons. The molecule has 0 radical (unpaired) electrons. The largest absolute Gasteiger partial charge is 0.338 e. The molecule has 2 nitrogen and oxygen atoms in total. The lowest BCUT2D eigenvalue weighted by Gasteiger charge is -2.15. The van der Waals surface area contributed by atoms with E-state index in [9.17, 15) is 0 Å². The van der Waals surface area contributed by atoms with Gasteiger partial charge in [0.05, 0.1) is 16.1 Å². The number of aromatic nitrogens is 1. The predicted molar refractivity (Wildman–Crippen MR) is 140 cm³/mol. The van der Waals surface area contributed by atoms with Gasteiger partial charge >= 0.3 is 0 Å². The summed E-state index contributed by atoms with van der Waals surface area (Å²) in [6, 6.07) is 26.2. The molecule has 0 unspecified atom stereocenters. The van der Waals surface area contributed by atoms with Crippen molar-refractivity contribution in [3.8, 4) is 0 Å². The molecule has 0 saturated carbocycles. The van der Waals surface area contributed by atoms with Crippen molar-refractivity contribution >= 4 is 66.6 Å². The molecule has 4 aromatic carbocycles. The molecule has 1 aromatic heterocycles. The van der Waals surface area contributed by atoms with Crippen LogP contribution in [0.15, 0.2) is 94.4 Å². The smallest absolute Gasteiger partial charge is 0.262 e. The molecule has 32 heavy (non-hydrogen) atoms. The Balaban J connectivity index is 1.40. The van der Waals surface area contributed by atoms with Gasteiger partial charge in [-0.15, -0.1) is 0 Å². The van der Waals surface area contributed by atoms with Crippen LogP contribution in [0, 0.1) is 0 Å². The van der Waals surface area contributed by atoms with Gasteiger partial charge in [-0.1, -0.05) is 77.7 Å². The molecule has 0 aliphatic carbocycles. The predicted octanol–water partition coefficient (Wildman–Crippen LogP) is 7.52. The van der Waals surface area contributed by atoms with Gasteiger partial charge in [0.1, 0.15) is 11.7 Å². The number of hydrogen-bond acceptors (Lipinski definition) is 3. The molecule has 0 amide bonds. The van der Waals surface area contributed by atoms with Gasteiger partial charge in [-0.25, -0.2) is 0 Å². The number of fused-ring (bicyclic) bond motifs is 6. The second-order valence-electron chi connectivity index (χ2n) is 8.30. The maximum Gasteiger partial charge on any atom is 0.262 e. The molecule has 4 heteroatoms. The van der Waals surface area contributed by atoms with E-state index in [-0.39, 0.29) is 0 Å². The van der Waals surface area contributed by atoms with Crippen molar-refractivity contribution in [2.75, 3.05) is 11.9 Å². The fourth-order valence-corrected chi connectivity index (χ4v) is 6.95. The molecule has 1 aliphatic rings. The zero-order valence-electron chi connectivity index (χ0n) is 18.3. The third kappa shape index (κ3) is 3.06. The van der Waals surface area contributed by atoms with Crippen LogP contribution in [-0.2, 0) is 7.05 Å². The van der Waals surface area contributed by atoms with E-state index in [1.54, 1.807) is 0 Å². The Morgan fingerprint density at radius 2 is 1.56 bits per heavy atom. The number of rotatable bonds is 2. The van der Waals surface area contributed by atoms with Crippen molar-refractivity contribution in [2.45, 2.75) is 11.8 Å². The minimum atomic E-state index is 1.25. The Morgan fingerprint density at radius 1 is 0.875 bits per heavy atom. The van der Waals surface area contributed by atoms with Crippen LogP contribution in [0.1, 0.15) is 11.9 Å². The molecule has 0 saturated heterocycles. The van der Waals surface area contributed by atoms with Crippen molar-refractivity contribution in [1.82, 2.24) is 0 Å². The molecule has 0 atom stereocenters. The monoisotopic (exact) mass is 451 g/mol. The fourth-order valence-electron chi connectivity index (χ4n) is 4.59. The van der Waals surface area contributed by atoms with Crippen molar-refractivity contribution in [2.24, 2.45) is 7.05 Å². The second-order valence-corrected chi connectivity index (χ2v) is 10.4. The van der Waals surface area contributed by atoms with Crippen LogP contribution in [0.25, 0.3) is 37.8 Å². The molecular formula is C28H23N2S2+. The fraction of sp³-hybridized carbons (Fsp3) is 0.107. The molecule has 6 rings (SSSR count). The first-order chi connectivity index (χ1) is 15.6. The number of thioether (sulfide) groups is 1. The van der Waals surface area contributed by atoms with E-state index in [4.69, 9.17) is 0 Å². The minimum absolute atomic E-state index is 1.25. The second kappa shape index (κ2) is 7.51. The SMILES string of the molecule is CC(/C=C1\Sc2ccc3ccccc3c2N1C)=C\c1sc2ccc3ccccc3c2[n+]1C. The number of allylic oxidation sites excluding steroid dienone is 2. The number of nitrogens with zero attached hydrogens (tertiary/aromatic N) is 2. The van der Waals surface area contributed by atoms with Crippen molar-refractivity contribution in [1.29, 1.82) is 0 Å². The first-order valence-electron chi connectivity index (χ1n) is 10.7. The standard InChI is InChI=1S/C28H23N2S2/c1-18(16-25-29(2)27-21-10-6-4-8-19(21)12-14-23(27)31-25)17-26-30(3)28-22-11-7-5-9-20(22)13-15-24(28)32-26/h4-17H,1-3H3/q+1. The summed E-state index contributed by atoms with van der Waals surface area (Å²) in [5.41, 5.74) is 3.87. The highest BCUT2D eigenvalue weighted by molar-refractivity contribution is 8.03. The maximum absolute atomic E-state index is 2.33. The van der Waals surface area contributed by atoms with Gasteiger partial charge in [0, 0.05) is 23.4 Å². The summed E-state index contributed by atoms with van der Waals surface area (Å²) >= 11 is 3.70. The summed E-state index contributed by atoms with van der Waals surface area (Å²) in [7, 11) is 4.35. The first-order valence-corrected chi connectivity index (χ1v) is 12.4. The average Bonchev–Trinajstić information content (AvgIpc) is 3.30. The summed E-state index contributed by atoms with van der Waals surface area (Å²) in [4.78, 5) is 3.65. The van der Waals surface area contributed by atoms with E-state index in [2.05, 4.69) is 115 Å². The topological polar surface area (TPSA) is 7.12 Å². The zero-order valence-corrected chi connectivity index (χ0v) is 19.9. The van der Waals surface area contributed by atoms with Gasteiger partial charge in [0.25, 0.3) is 5.01 Å². The number of thiazole rings is 1. The van der Waals surface area contributed by atoms with Crippen LogP contribution < -0.4 is 9.47 Å². The van der Waals surface area contributed by atoms with Gasteiger partial charge in [-0.05, 0) is 47.5 Å². The third-order valence-corrected chi connectivity index (χ3v) is 8.49. The number of anilines is 1. The Hall–Kier alpha value is -3.08. The summed E-state index contributed by atoms with van der Waals surface area (Å²) in [5, 5.41) is 7.73. The third-order valence-electron chi connectivity index (χ3n) is 6.19. The summed E-state index contributed by atoms with van der Waals surface area (Å²) in [5.74, 6) is 0. The minimum Gasteiger partial charge on any atom is -0.338 e. The lowest BCUT2D eigenvalue weighted by molar-refractivity contribution is -0.641. The summed E-state index contributed by atoms with van der Waals surface area (Å²) in [6.07, 6.45) is 4.61. The van der Waals surface area contributed by atoms with Crippen LogP contribution >= 0.6 is 23.1 Å². The number of aryl methyl sites for hydroxylation is 1. The average molecular weight is 452 g/mol. The summed E-state index contributed by atoms with van der Waals surface area (Å²) in [6.45, 7) is 2.20. The van der Waals surface area contributed by atoms with E-state index < -0.39 is 0 Å². The van der Waals surface area contributed by atoms with E-state index in [1.165, 1.54) is 58.0 Å². The van der Waals surface area contributed by atoms with Crippen LogP contribution in [0.3, 0.4) is 0 Å². The highest BCUT2D eigenvalue weighted by Gasteiger charge is 2.24. The van der Waals surface area contributed by atoms with Crippen molar-refractivity contribution in [3.05, 3.63) is 94.5 Å². The van der Waals surface area contributed by atoms with Gasteiger partial charge in [-0.2, -0.15) is 4.57 Å². The van der Waals surface area contributed by atoms with Crippen LogP contribution in [0.4, 0.5) is 5.69 Å². The van der Waals surface area contributed by atoms with Gasteiger partial charge in [0.15, 0.2) is 0 Å². The Bertz CT molecular complexity index is 1590. The highest BCUT2D eigenvalue weighted by atomic mass is 32.2. The van der Waals surface area contributed by atoms with Gasteiger partial charge in [0.2, 0.25) is 5.52 Å². The van der Waals surface area contributed by atoms with Gasteiger partial charge < -0.3 is 4.90 Å². The maximum atomic E-state index is 2.33. The van der Waals surface area contributed by atoms with Gasteiger partial charge in [-0.3, -0.25) is 0 Å². The zero-order chi connectivity index (χ0) is 21.8. The Labute approximate surface area is 196 Å². The Morgan fingerprint density at radius 3 is 2.38 bits per heavy atom. The van der Waals surface area contributed by atoms with E-state index in [1.807, 2.05) is 23.1 Å². The van der Waals surface area contributed by atoms with E-state index in [0.717, 1.165) is 0 Å². The molecular weight excluding hydrogens is 428 g/mol. The number of hydrogen-bond donors (Lipinski definition) is 0.